The minimum Gasteiger partial charge on any atom is -0.390 e. The van der Waals surface area contributed by atoms with Crippen LogP contribution in [0.1, 0.15) is 5.56 Å². The van der Waals surface area contributed by atoms with Gasteiger partial charge < -0.3 is 16.2 Å². The lowest BCUT2D eigenvalue weighted by molar-refractivity contribution is 0.196. The fourth-order valence-corrected chi connectivity index (χ4v) is 1.08. The molecule has 1 unspecified atom stereocenters. The quantitative estimate of drug-likeness (QED) is 0.640. The monoisotopic (exact) mass is 180 g/mol. The van der Waals surface area contributed by atoms with Crippen LogP contribution in [0.4, 0.5) is 5.69 Å². The van der Waals surface area contributed by atoms with Gasteiger partial charge in [0, 0.05) is 18.8 Å². The second-order valence-electron chi connectivity index (χ2n) is 3.09. The topological polar surface area (TPSA) is 58.3 Å². The first-order valence-corrected chi connectivity index (χ1v) is 4.41. The smallest absolute Gasteiger partial charge is 0.0834 e. The van der Waals surface area contributed by atoms with Gasteiger partial charge in [0.25, 0.3) is 0 Å². The zero-order valence-electron chi connectivity index (χ0n) is 7.83. The van der Waals surface area contributed by atoms with Crippen molar-refractivity contribution in [3.8, 4) is 0 Å². The molecule has 1 atom stereocenters. The van der Waals surface area contributed by atoms with Crippen LogP contribution in [0.3, 0.4) is 0 Å². The highest BCUT2D eigenvalue weighted by atomic mass is 16.3. The fourth-order valence-electron chi connectivity index (χ4n) is 1.08. The van der Waals surface area contributed by atoms with Gasteiger partial charge in [0.1, 0.15) is 0 Å². The number of para-hydroxylation sites is 1. The van der Waals surface area contributed by atoms with E-state index in [0.717, 1.165) is 5.69 Å². The maximum absolute atomic E-state index is 9.22. The van der Waals surface area contributed by atoms with E-state index in [9.17, 15) is 5.11 Å². The molecule has 1 rings (SSSR count). The lowest BCUT2D eigenvalue weighted by Crippen LogP contribution is -2.27. The maximum Gasteiger partial charge on any atom is 0.0834 e. The number of aryl methyl sites for hydroxylation is 1. The second-order valence-corrected chi connectivity index (χ2v) is 3.09. The lowest BCUT2D eigenvalue weighted by Gasteiger charge is -2.12. The molecule has 72 valence electrons. The van der Waals surface area contributed by atoms with Crippen molar-refractivity contribution < 1.29 is 5.11 Å². The van der Waals surface area contributed by atoms with Crippen molar-refractivity contribution in [2.24, 2.45) is 5.73 Å². The van der Waals surface area contributed by atoms with Crippen LogP contribution >= 0.6 is 0 Å². The molecular weight excluding hydrogens is 164 g/mol. The van der Waals surface area contributed by atoms with Gasteiger partial charge in [-0.3, -0.25) is 0 Å². The number of anilines is 1. The van der Waals surface area contributed by atoms with Gasteiger partial charge in [0.15, 0.2) is 0 Å². The molecule has 0 aliphatic rings. The molecule has 0 heterocycles. The molecule has 13 heavy (non-hydrogen) atoms. The number of benzene rings is 1. The molecule has 0 saturated heterocycles. The van der Waals surface area contributed by atoms with E-state index >= 15 is 0 Å². The van der Waals surface area contributed by atoms with Crippen LogP contribution in [0.2, 0.25) is 0 Å². The van der Waals surface area contributed by atoms with Crippen molar-refractivity contribution in [1.82, 2.24) is 0 Å². The van der Waals surface area contributed by atoms with Crippen molar-refractivity contribution in [2.45, 2.75) is 13.0 Å². The van der Waals surface area contributed by atoms with E-state index in [-0.39, 0.29) is 0 Å². The molecule has 4 N–H and O–H groups in total. The molecule has 0 aromatic heterocycles. The zero-order valence-corrected chi connectivity index (χ0v) is 7.83. The summed E-state index contributed by atoms with van der Waals surface area (Å²) in [4.78, 5) is 0. The third-order valence-corrected chi connectivity index (χ3v) is 1.95. The Balaban J connectivity index is 2.50. The van der Waals surface area contributed by atoms with Gasteiger partial charge in [-0.25, -0.2) is 0 Å². The summed E-state index contributed by atoms with van der Waals surface area (Å²) in [5, 5.41) is 12.4. The van der Waals surface area contributed by atoms with Gasteiger partial charge in [0.2, 0.25) is 0 Å². The minimum absolute atomic E-state index is 0.291. The van der Waals surface area contributed by atoms with Crippen molar-refractivity contribution in [3.63, 3.8) is 0 Å². The predicted octanol–water partition coefficient (Wildman–Crippen LogP) is 0.727. The molecule has 3 heteroatoms. The average Bonchev–Trinajstić information content (AvgIpc) is 2.16. The molecule has 0 spiro atoms. The first-order chi connectivity index (χ1) is 6.24. The van der Waals surface area contributed by atoms with E-state index in [2.05, 4.69) is 5.32 Å². The standard InChI is InChI=1S/C10H16N2O/c1-8-4-2-3-5-10(8)12-7-9(13)6-11/h2-5,9,12-13H,6-7,11H2,1H3. The van der Waals surface area contributed by atoms with E-state index in [1.165, 1.54) is 5.56 Å². The molecular formula is C10H16N2O. The number of aliphatic hydroxyl groups is 1. The van der Waals surface area contributed by atoms with Crippen LogP contribution in [0.15, 0.2) is 24.3 Å². The highest BCUT2D eigenvalue weighted by Crippen LogP contribution is 2.12. The third kappa shape index (κ3) is 3.05. The summed E-state index contributed by atoms with van der Waals surface area (Å²) >= 11 is 0. The molecule has 0 bridgehead atoms. The maximum atomic E-state index is 9.22. The van der Waals surface area contributed by atoms with E-state index in [1.54, 1.807) is 0 Å². The van der Waals surface area contributed by atoms with Gasteiger partial charge in [-0.15, -0.1) is 0 Å². The van der Waals surface area contributed by atoms with E-state index < -0.39 is 6.10 Å². The zero-order chi connectivity index (χ0) is 9.68. The molecule has 0 radical (unpaired) electrons. The molecule has 1 aromatic rings. The number of aliphatic hydroxyl groups excluding tert-OH is 1. The van der Waals surface area contributed by atoms with E-state index in [4.69, 9.17) is 5.73 Å². The van der Waals surface area contributed by atoms with Crippen LogP contribution in [0, 0.1) is 6.92 Å². The SMILES string of the molecule is Cc1ccccc1NCC(O)CN. The molecule has 0 amide bonds. The first-order valence-electron chi connectivity index (χ1n) is 4.41. The summed E-state index contributed by atoms with van der Waals surface area (Å²) in [6.07, 6.45) is -0.473. The van der Waals surface area contributed by atoms with Gasteiger partial charge >= 0.3 is 0 Å². The normalized spacial score (nSPS) is 12.5. The summed E-state index contributed by atoms with van der Waals surface area (Å²) < 4.78 is 0. The van der Waals surface area contributed by atoms with Crippen LogP contribution in [-0.2, 0) is 0 Å². The van der Waals surface area contributed by atoms with Crippen LogP contribution in [0.25, 0.3) is 0 Å². The number of hydrogen-bond donors (Lipinski definition) is 3. The highest BCUT2D eigenvalue weighted by molar-refractivity contribution is 5.50. The average molecular weight is 180 g/mol. The van der Waals surface area contributed by atoms with Gasteiger partial charge in [-0.1, -0.05) is 18.2 Å². The summed E-state index contributed by atoms with van der Waals surface area (Å²) in [5.41, 5.74) is 7.51. The second kappa shape index (κ2) is 4.84. The molecule has 0 saturated carbocycles. The minimum atomic E-state index is -0.473. The summed E-state index contributed by atoms with van der Waals surface area (Å²) in [6, 6.07) is 7.96. The van der Waals surface area contributed by atoms with Gasteiger partial charge in [0.05, 0.1) is 6.10 Å². The number of hydrogen-bond acceptors (Lipinski definition) is 3. The van der Waals surface area contributed by atoms with Crippen molar-refractivity contribution >= 4 is 5.69 Å². The van der Waals surface area contributed by atoms with Crippen LogP contribution in [-0.4, -0.2) is 24.3 Å². The molecule has 0 fully saturated rings. The first kappa shape index (κ1) is 10.0. The Morgan fingerprint density at radius 3 is 2.77 bits per heavy atom. The molecule has 3 nitrogen and oxygen atoms in total. The van der Waals surface area contributed by atoms with Crippen LogP contribution < -0.4 is 11.1 Å². The van der Waals surface area contributed by atoms with Gasteiger partial charge in [-0.2, -0.15) is 0 Å². The molecule has 1 aromatic carbocycles. The number of rotatable bonds is 4. The Morgan fingerprint density at radius 1 is 1.46 bits per heavy atom. The number of nitrogens with two attached hydrogens (primary N) is 1. The fraction of sp³-hybridized carbons (Fsp3) is 0.400. The van der Waals surface area contributed by atoms with Crippen molar-refractivity contribution in [2.75, 3.05) is 18.4 Å². The Bertz CT molecular complexity index is 263. The van der Waals surface area contributed by atoms with Crippen molar-refractivity contribution in [1.29, 1.82) is 0 Å². The van der Waals surface area contributed by atoms with Crippen LogP contribution in [0.5, 0.6) is 0 Å². The third-order valence-electron chi connectivity index (χ3n) is 1.95. The summed E-state index contributed by atoms with van der Waals surface area (Å²) in [5.74, 6) is 0. The Labute approximate surface area is 78.6 Å². The predicted molar refractivity (Wildman–Crippen MR) is 54.7 cm³/mol. The molecule has 0 aliphatic carbocycles. The molecule has 0 aliphatic heterocycles. The lowest BCUT2D eigenvalue weighted by atomic mass is 10.2. The number of nitrogens with one attached hydrogen (secondary N) is 1. The van der Waals surface area contributed by atoms with Gasteiger partial charge in [-0.05, 0) is 18.6 Å². The Morgan fingerprint density at radius 2 is 2.15 bits per heavy atom. The van der Waals surface area contributed by atoms with E-state index in [0.29, 0.717) is 13.1 Å². The summed E-state index contributed by atoms with van der Waals surface area (Å²) in [7, 11) is 0. The van der Waals surface area contributed by atoms with Crippen molar-refractivity contribution in [3.05, 3.63) is 29.8 Å². The highest BCUT2D eigenvalue weighted by Gasteiger charge is 2.01. The summed E-state index contributed by atoms with van der Waals surface area (Å²) in [6.45, 7) is 2.82. The largest absolute Gasteiger partial charge is 0.390 e. The Hall–Kier alpha value is -1.06. The Kier molecular flexibility index (Phi) is 3.73. The van der Waals surface area contributed by atoms with E-state index in [1.807, 2.05) is 31.2 Å².